The molecule has 0 spiro atoms. The summed E-state index contributed by atoms with van der Waals surface area (Å²) in [6.07, 6.45) is 4.69. The van der Waals surface area contributed by atoms with Crippen molar-refractivity contribution in [1.29, 1.82) is 0 Å². The number of aliphatic hydroxyl groups excluding tert-OH is 2. The molecule has 0 aliphatic carbocycles. The molecule has 3 aromatic rings. The number of halogens is 2. The maximum absolute atomic E-state index is 13.5. The highest BCUT2D eigenvalue weighted by atomic mass is 35.5. The van der Waals surface area contributed by atoms with Crippen LogP contribution in [0.15, 0.2) is 42.9 Å². The number of benzene rings is 1. The summed E-state index contributed by atoms with van der Waals surface area (Å²) >= 11 is 6.15. The fourth-order valence-corrected chi connectivity index (χ4v) is 2.58. The van der Waals surface area contributed by atoms with Gasteiger partial charge in [-0.3, -0.25) is 4.68 Å². The van der Waals surface area contributed by atoms with Crippen LogP contribution in [0.5, 0.6) is 0 Å². The number of aromatic nitrogens is 4. The third-order valence-corrected chi connectivity index (χ3v) is 3.98. The quantitative estimate of drug-likeness (QED) is 0.466. The van der Waals surface area contributed by atoms with Crippen molar-refractivity contribution < 1.29 is 14.6 Å². The van der Waals surface area contributed by atoms with E-state index in [1.807, 2.05) is 0 Å². The fourth-order valence-electron chi connectivity index (χ4n) is 2.43. The van der Waals surface area contributed by atoms with Crippen molar-refractivity contribution in [2.45, 2.75) is 12.6 Å². The molecule has 0 saturated heterocycles. The number of nitrogens with zero attached hydrogens (tertiary/aromatic N) is 4. The van der Waals surface area contributed by atoms with E-state index in [4.69, 9.17) is 16.7 Å². The van der Waals surface area contributed by atoms with Crippen LogP contribution in [0.2, 0.25) is 5.02 Å². The van der Waals surface area contributed by atoms with Crippen LogP contribution >= 0.6 is 11.6 Å². The molecule has 27 heavy (non-hydrogen) atoms. The van der Waals surface area contributed by atoms with Crippen molar-refractivity contribution in [3.63, 3.8) is 0 Å². The molecule has 4 N–H and O–H groups in total. The van der Waals surface area contributed by atoms with Crippen LogP contribution in [0.3, 0.4) is 0 Å². The molecule has 2 aromatic heterocycles. The Kier molecular flexibility index (Phi) is 6.17. The molecule has 10 heteroatoms. The second-order valence-electron chi connectivity index (χ2n) is 5.67. The van der Waals surface area contributed by atoms with Gasteiger partial charge in [-0.05, 0) is 17.7 Å². The summed E-state index contributed by atoms with van der Waals surface area (Å²) in [5.41, 5.74) is 1.20. The molecular formula is C17H18ClFN6O2. The molecule has 0 bridgehead atoms. The summed E-state index contributed by atoms with van der Waals surface area (Å²) in [7, 11) is 0. The Balaban J connectivity index is 1.77. The van der Waals surface area contributed by atoms with Gasteiger partial charge in [-0.15, -0.1) is 0 Å². The molecule has 0 radical (unpaired) electrons. The zero-order chi connectivity index (χ0) is 19.2. The molecule has 1 unspecified atom stereocenters. The van der Waals surface area contributed by atoms with Crippen LogP contribution in [0, 0.1) is 5.82 Å². The van der Waals surface area contributed by atoms with Gasteiger partial charge in [0.2, 0.25) is 5.95 Å². The smallest absolute Gasteiger partial charge is 0.229 e. The third kappa shape index (κ3) is 4.91. The molecule has 2 heterocycles. The van der Waals surface area contributed by atoms with Gasteiger partial charge in [-0.1, -0.05) is 23.7 Å². The minimum atomic E-state index is -0.590. The van der Waals surface area contributed by atoms with Crippen molar-refractivity contribution in [3.05, 3.63) is 59.3 Å². The first-order valence-corrected chi connectivity index (χ1v) is 8.52. The second kappa shape index (κ2) is 8.76. The first-order chi connectivity index (χ1) is 13.1. The van der Waals surface area contributed by atoms with Gasteiger partial charge in [0.15, 0.2) is 5.82 Å². The zero-order valence-electron chi connectivity index (χ0n) is 14.2. The van der Waals surface area contributed by atoms with Crippen molar-refractivity contribution >= 4 is 29.1 Å². The Morgan fingerprint density at radius 2 is 2.11 bits per heavy atom. The predicted molar refractivity (Wildman–Crippen MR) is 99.5 cm³/mol. The Morgan fingerprint density at radius 1 is 1.26 bits per heavy atom. The van der Waals surface area contributed by atoms with Gasteiger partial charge < -0.3 is 20.8 Å². The number of hydrogen-bond acceptors (Lipinski definition) is 7. The minimum absolute atomic E-state index is 0.0186. The van der Waals surface area contributed by atoms with Crippen molar-refractivity contribution in [2.24, 2.45) is 0 Å². The van der Waals surface area contributed by atoms with E-state index in [2.05, 4.69) is 25.7 Å². The predicted octanol–water partition coefficient (Wildman–Crippen LogP) is 2.35. The molecule has 0 aliphatic rings. The minimum Gasteiger partial charge on any atom is -0.394 e. The van der Waals surface area contributed by atoms with Crippen LogP contribution < -0.4 is 10.6 Å². The van der Waals surface area contributed by atoms with Crippen LogP contribution in [0.1, 0.15) is 11.6 Å². The Morgan fingerprint density at radius 3 is 2.85 bits per heavy atom. The van der Waals surface area contributed by atoms with E-state index in [1.54, 1.807) is 29.2 Å². The highest BCUT2D eigenvalue weighted by molar-refractivity contribution is 6.32. The van der Waals surface area contributed by atoms with Gasteiger partial charge >= 0.3 is 0 Å². The molecule has 1 atom stereocenters. The Labute approximate surface area is 159 Å². The fraction of sp³-hybridized carbons (Fsp3) is 0.235. The number of anilines is 3. The molecule has 0 amide bonds. The van der Waals surface area contributed by atoms with Crippen LogP contribution in [0.25, 0.3) is 0 Å². The van der Waals surface area contributed by atoms with E-state index >= 15 is 0 Å². The molecule has 0 aliphatic heterocycles. The number of nitrogens with one attached hydrogen (secondary N) is 2. The van der Waals surface area contributed by atoms with Gasteiger partial charge in [-0.2, -0.15) is 10.1 Å². The molecule has 0 saturated carbocycles. The summed E-state index contributed by atoms with van der Waals surface area (Å²) in [5, 5.41) is 28.9. The summed E-state index contributed by atoms with van der Waals surface area (Å²) in [5.74, 6) is 0.158. The van der Waals surface area contributed by atoms with Gasteiger partial charge in [0.05, 0.1) is 43.9 Å². The maximum Gasteiger partial charge on any atom is 0.229 e. The first kappa shape index (κ1) is 19.0. The number of aliphatic hydroxyl groups is 2. The highest BCUT2D eigenvalue weighted by Crippen LogP contribution is 2.26. The monoisotopic (exact) mass is 392 g/mol. The van der Waals surface area contributed by atoms with E-state index < -0.39 is 11.9 Å². The van der Waals surface area contributed by atoms with E-state index in [0.717, 1.165) is 0 Å². The lowest BCUT2D eigenvalue weighted by atomic mass is 10.1. The molecular weight excluding hydrogens is 375 g/mol. The number of rotatable bonds is 8. The third-order valence-electron chi connectivity index (χ3n) is 3.71. The lowest BCUT2D eigenvalue weighted by molar-refractivity contribution is 0.269. The normalized spacial score (nSPS) is 12.0. The summed E-state index contributed by atoms with van der Waals surface area (Å²) in [4.78, 5) is 8.41. The van der Waals surface area contributed by atoms with Crippen molar-refractivity contribution in [1.82, 2.24) is 19.7 Å². The average molecular weight is 393 g/mol. The lowest BCUT2D eigenvalue weighted by Gasteiger charge is -2.18. The largest absolute Gasteiger partial charge is 0.394 e. The van der Waals surface area contributed by atoms with Crippen molar-refractivity contribution in [3.8, 4) is 0 Å². The maximum atomic E-state index is 13.5. The summed E-state index contributed by atoms with van der Waals surface area (Å²) in [6, 6.07) is 5.33. The Bertz CT molecular complexity index is 907. The molecule has 1 aromatic carbocycles. The van der Waals surface area contributed by atoms with Gasteiger partial charge in [0.1, 0.15) is 10.8 Å². The standard InChI is InChI=1S/C17H18ClFN6O2/c18-14-8-20-17(22-13-7-21-25(9-13)4-5-26)24-16(14)23-15(10-27)11-2-1-3-12(19)6-11/h1-3,6-9,15,26-27H,4-5,10H2,(H2,20,22,23,24). The SMILES string of the molecule is OCCn1cc(Nc2ncc(Cl)c(NC(CO)c3cccc(F)c3)n2)cn1. The van der Waals surface area contributed by atoms with E-state index in [0.29, 0.717) is 23.6 Å². The highest BCUT2D eigenvalue weighted by Gasteiger charge is 2.15. The summed E-state index contributed by atoms with van der Waals surface area (Å²) in [6.45, 7) is 0.0809. The average Bonchev–Trinajstić information content (AvgIpc) is 3.09. The van der Waals surface area contributed by atoms with E-state index in [1.165, 1.54) is 18.3 Å². The van der Waals surface area contributed by atoms with Crippen LogP contribution in [0.4, 0.5) is 21.8 Å². The second-order valence-corrected chi connectivity index (χ2v) is 6.07. The van der Waals surface area contributed by atoms with Gasteiger partial charge in [-0.25, -0.2) is 9.37 Å². The lowest BCUT2D eigenvalue weighted by Crippen LogP contribution is -2.16. The summed E-state index contributed by atoms with van der Waals surface area (Å²) < 4.78 is 15.0. The van der Waals surface area contributed by atoms with Gasteiger partial charge in [0, 0.05) is 6.20 Å². The first-order valence-electron chi connectivity index (χ1n) is 8.15. The number of hydrogen-bond donors (Lipinski definition) is 4. The Hall–Kier alpha value is -2.75. The van der Waals surface area contributed by atoms with Crippen molar-refractivity contribution in [2.75, 3.05) is 23.8 Å². The zero-order valence-corrected chi connectivity index (χ0v) is 14.9. The molecule has 142 valence electrons. The van der Waals surface area contributed by atoms with Gasteiger partial charge in [0.25, 0.3) is 0 Å². The van der Waals surface area contributed by atoms with Crippen LogP contribution in [-0.4, -0.2) is 43.2 Å². The van der Waals surface area contributed by atoms with E-state index in [-0.39, 0.29) is 24.2 Å². The topological polar surface area (TPSA) is 108 Å². The molecule has 3 rings (SSSR count). The van der Waals surface area contributed by atoms with Crippen LogP contribution in [-0.2, 0) is 6.54 Å². The molecule has 0 fully saturated rings. The molecule has 8 nitrogen and oxygen atoms in total. The van der Waals surface area contributed by atoms with E-state index in [9.17, 15) is 9.50 Å².